The second kappa shape index (κ2) is 6.86. The van der Waals surface area contributed by atoms with E-state index in [1.165, 1.54) is 14.2 Å². The number of rotatable bonds is 5. The maximum Gasteiger partial charge on any atom is 0.309 e. The number of nitrogens with zero attached hydrogens (tertiary/aromatic N) is 1. The highest BCUT2D eigenvalue weighted by Gasteiger charge is 2.11. The zero-order valence-electron chi connectivity index (χ0n) is 9.57. The first-order valence-electron chi connectivity index (χ1n) is 4.49. The van der Waals surface area contributed by atoms with Gasteiger partial charge in [-0.2, -0.15) is 0 Å². The van der Waals surface area contributed by atoms with Gasteiger partial charge < -0.3 is 14.4 Å². The van der Waals surface area contributed by atoms with Crippen LogP contribution in [-0.4, -0.2) is 45.2 Å². The molecule has 0 spiro atoms. The molecule has 15 heavy (non-hydrogen) atoms. The zero-order chi connectivity index (χ0) is 11.8. The van der Waals surface area contributed by atoms with E-state index in [-0.39, 0.29) is 24.8 Å². The molecule has 0 fully saturated rings. The minimum atomic E-state index is -0.369. The monoisotopic (exact) mass is 215 g/mol. The van der Waals surface area contributed by atoms with Gasteiger partial charge in [-0.1, -0.05) is 0 Å². The van der Waals surface area contributed by atoms with Crippen LogP contribution < -0.4 is 0 Å². The van der Waals surface area contributed by atoms with Crippen molar-refractivity contribution in [2.24, 2.45) is 0 Å². The Morgan fingerprint density at radius 1 is 1.07 bits per heavy atom. The fraction of sp³-hybridized carbons (Fsp3) is 0.600. The van der Waals surface area contributed by atoms with Crippen molar-refractivity contribution in [3.05, 3.63) is 11.8 Å². The van der Waals surface area contributed by atoms with Crippen molar-refractivity contribution in [1.29, 1.82) is 0 Å². The lowest BCUT2D eigenvalue weighted by atomic mass is 10.1. The van der Waals surface area contributed by atoms with Crippen LogP contribution in [0.15, 0.2) is 11.8 Å². The topological polar surface area (TPSA) is 55.8 Å². The minimum absolute atomic E-state index is 0.101. The van der Waals surface area contributed by atoms with Crippen LogP contribution in [-0.2, 0) is 19.1 Å². The number of esters is 2. The molecule has 86 valence electrons. The van der Waals surface area contributed by atoms with Crippen molar-refractivity contribution in [2.75, 3.05) is 28.3 Å². The van der Waals surface area contributed by atoms with Crippen LogP contribution in [0, 0.1) is 0 Å². The van der Waals surface area contributed by atoms with E-state index in [2.05, 4.69) is 9.47 Å². The Bertz CT molecular complexity index is 238. The number of ether oxygens (including phenoxy) is 2. The third-order valence-electron chi connectivity index (χ3n) is 1.64. The van der Waals surface area contributed by atoms with Gasteiger partial charge in [-0.05, 0) is 11.8 Å². The summed E-state index contributed by atoms with van der Waals surface area (Å²) in [5.74, 6) is -0.737. The number of methoxy groups -OCH3 is 2. The quantitative estimate of drug-likeness (QED) is 0.627. The molecule has 0 aliphatic carbocycles. The van der Waals surface area contributed by atoms with Gasteiger partial charge in [0, 0.05) is 14.1 Å². The van der Waals surface area contributed by atoms with Crippen LogP contribution >= 0.6 is 0 Å². The Hall–Kier alpha value is -1.52. The number of carbonyl (C=O) groups is 2. The van der Waals surface area contributed by atoms with Crippen LogP contribution in [0.2, 0.25) is 0 Å². The van der Waals surface area contributed by atoms with Crippen molar-refractivity contribution < 1.29 is 19.1 Å². The van der Waals surface area contributed by atoms with Crippen LogP contribution in [0.25, 0.3) is 0 Å². The minimum Gasteiger partial charge on any atom is -0.469 e. The lowest BCUT2D eigenvalue weighted by Crippen LogP contribution is -2.11. The van der Waals surface area contributed by atoms with Gasteiger partial charge in [-0.25, -0.2) is 0 Å². The Balaban J connectivity index is 4.45. The highest BCUT2D eigenvalue weighted by atomic mass is 16.5. The van der Waals surface area contributed by atoms with Crippen LogP contribution in [0.1, 0.15) is 12.8 Å². The first-order valence-corrected chi connectivity index (χ1v) is 4.49. The van der Waals surface area contributed by atoms with E-state index in [0.717, 1.165) is 0 Å². The normalized spacial score (nSPS) is 9.07. The van der Waals surface area contributed by atoms with Gasteiger partial charge in [0.1, 0.15) is 0 Å². The summed E-state index contributed by atoms with van der Waals surface area (Å²) < 4.78 is 9.05. The molecular weight excluding hydrogens is 198 g/mol. The van der Waals surface area contributed by atoms with E-state index < -0.39 is 0 Å². The molecule has 0 radical (unpaired) electrons. The summed E-state index contributed by atoms with van der Waals surface area (Å²) >= 11 is 0. The number of carbonyl (C=O) groups excluding carboxylic acids is 2. The van der Waals surface area contributed by atoms with Gasteiger partial charge in [-0.3, -0.25) is 9.59 Å². The smallest absolute Gasteiger partial charge is 0.309 e. The molecule has 0 bridgehead atoms. The SMILES string of the molecule is COC(=O)CC(=CN(C)C)CC(=O)OC. The number of hydrogen-bond donors (Lipinski definition) is 0. The summed E-state index contributed by atoms with van der Waals surface area (Å²) in [4.78, 5) is 23.8. The van der Waals surface area contributed by atoms with Gasteiger partial charge in [-0.15, -0.1) is 0 Å². The first-order chi connectivity index (χ1) is 6.99. The summed E-state index contributed by atoms with van der Waals surface area (Å²) in [7, 11) is 6.25. The molecule has 0 aliphatic rings. The summed E-state index contributed by atoms with van der Waals surface area (Å²) in [6.45, 7) is 0. The molecule has 0 atom stereocenters. The van der Waals surface area contributed by atoms with E-state index in [4.69, 9.17) is 0 Å². The molecule has 0 amide bonds. The van der Waals surface area contributed by atoms with Crippen molar-refractivity contribution in [3.63, 3.8) is 0 Å². The van der Waals surface area contributed by atoms with Crippen LogP contribution in [0.3, 0.4) is 0 Å². The maximum atomic E-state index is 11.0. The fourth-order valence-corrected chi connectivity index (χ4v) is 1.03. The second-order valence-electron chi connectivity index (χ2n) is 3.26. The average molecular weight is 215 g/mol. The summed E-state index contributed by atoms with van der Waals surface area (Å²) in [5.41, 5.74) is 0.665. The highest BCUT2D eigenvalue weighted by molar-refractivity contribution is 5.77. The molecule has 0 rings (SSSR count). The third-order valence-corrected chi connectivity index (χ3v) is 1.64. The molecule has 5 heteroatoms. The zero-order valence-corrected chi connectivity index (χ0v) is 9.57. The summed E-state index contributed by atoms with van der Waals surface area (Å²) in [6.07, 6.45) is 1.92. The third kappa shape index (κ3) is 6.54. The fourth-order valence-electron chi connectivity index (χ4n) is 1.03. The van der Waals surface area contributed by atoms with Gasteiger partial charge in [0.15, 0.2) is 0 Å². The van der Waals surface area contributed by atoms with Crippen molar-refractivity contribution in [2.45, 2.75) is 12.8 Å². The van der Waals surface area contributed by atoms with Gasteiger partial charge in [0.2, 0.25) is 0 Å². The van der Waals surface area contributed by atoms with E-state index >= 15 is 0 Å². The second-order valence-corrected chi connectivity index (χ2v) is 3.26. The van der Waals surface area contributed by atoms with Gasteiger partial charge in [0.25, 0.3) is 0 Å². The Morgan fingerprint density at radius 3 is 1.73 bits per heavy atom. The molecule has 0 heterocycles. The molecule has 5 nitrogen and oxygen atoms in total. The van der Waals surface area contributed by atoms with Crippen molar-refractivity contribution >= 4 is 11.9 Å². The van der Waals surface area contributed by atoms with E-state index in [1.807, 2.05) is 14.1 Å². The van der Waals surface area contributed by atoms with Crippen molar-refractivity contribution in [3.8, 4) is 0 Å². The molecule has 0 saturated carbocycles. The van der Waals surface area contributed by atoms with E-state index in [0.29, 0.717) is 5.57 Å². The molecule has 0 unspecified atom stereocenters. The Kier molecular flexibility index (Phi) is 6.17. The summed E-state index contributed by atoms with van der Waals surface area (Å²) in [5, 5.41) is 0. The summed E-state index contributed by atoms with van der Waals surface area (Å²) in [6, 6.07) is 0. The number of hydrogen-bond acceptors (Lipinski definition) is 5. The maximum absolute atomic E-state index is 11.0. The van der Waals surface area contributed by atoms with E-state index in [9.17, 15) is 9.59 Å². The largest absolute Gasteiger partial charge is 0.469 e. The molecule has 0 aromatic rings. The Labute approximate surface area is 89.6 Å². The molecule has 0 aromatic carbocycles. The van der Waals surface area contributed by atoms with Crippen LogP contribution in [0.5, 0.6) is 0 Å². The molecule has 0 aromatic heterocycles. The Morgan fingerprint density at radius 2 is 1.47 bits per heavy atom. The predicted octanol–water partition coefficient (Wildman–Crippen LogP) is 0.558. The van der Waals surface area contributed by atoms with E-state index in [1.54, 1.807) is 11.1 Å². The van der Waals surface area contributed by atoms with Gasteiger partial charge in [0.05, 0.1) is 27.1 Å². The lowest BCUT2D eigenvalue weighted by Gasteiger charge is -2.10. The highest BCUT2D eigenvalue weighted by Crippen LogP contribution is 2.09. The molecular formula is C10H17NO4. The van der Waals surface area contributed by atoms with Crippen LogP contribution in [0.4, 0.5) is 0 Å². The standard InChI is InChI=1S/C10H17NO4/c1-11(2)7-8(5-9(12)14-3)6-10(13)15-4/h7H,5-6H2,1-4H3. The molecule has 0 saturated heterocycles. The predicted molar refractivity (Wildman–Crippen MR) is 55.0 cm³/mol. The first kappa shape index (κ1) is 13.5. The molecule has 0 N–H and O–H groups in total. The van der Waals surface area contributed by atoms with Crippen molar-refractivity contribution in [1.82, 2.24) is 4.90 Å². The molecule has 0 aliphatic heterocycles. The van der Waals surface area contributed by atoms with Gasteiger partial charge >= 0.3 is 11.9 Å². The average Bonchev–Trinajstić information content (AvgIpc) is 2.16. The lowest BCUT2D eigenvalue weighted by molar-refractivity contribution is -0.140.